The molecule has 0 aliphatic heterocycles. The Morgan fingerprint density at radius 2 is 2.20 bits per heavy atom. The van der Waals surface area contributed by atoms with E-state index in [9.17, 15) is 0 Å². The standard InChI is InChI=1S/C12H18N2S/c1-3-7-14(8-4-2)10-12-6-5-11(9-13)15-12/h1,5-6H,4,7-10,13H2,2H3. The molecule has 3 heteroatoms. The van der Waals surface area contributed by atoms with Crippen molar-refractivity contribution in [1.82, 2.24) is 4.90 Å². The Balaban J connectivity index is 2.53. The predicted octanol–water partition coefficient (Wildman–Crippen LogP) is 2.05. The van der Waals surface area contributed by atoms with Crippen molar-refractivity contribution < 1.29 is 0 Å². The third-order valence-corrected chi connectivity index (χ3v) is 3.24. The summed E-state index contributed by atoms with van der Waals surface area (Å²) in [5.41, 5.74) is 5.58. The van der Waals surface area contributed by atoms with E-state index in [1.165, 1.54) is 9.75 Å². The summed E-state index contributed by atoms with van der Waals surface area (Å²) in [6, 6.07) is 4.24. The van der Waals surface area contributed by atoms with Gasteiger partial charge in [0.2, 0.25) is 0 Å². The number of nitrogens with zero attached hydrogens (tertiary/aromatic N) is 1. The van der Waals surface area contributed by atoms with Crippen LogP contribution in [0.4, 0.5) is 0 Å². The molecule has 0 atom stereocenters. The van der Waals surface area contributed by atoms with Gasteiger partial charge in [-0.3, -0.25) is 4.90 Å². The van der Waals surface area contributed by atoms with Gasteiger partial charge in [-0.25, -0.2) is 0 Å². The first kappa shape index (κ1) is 12.3. The van der Waals surface area contributed by atoms with Crippen LogP contribution < -0.4 is 5.73 Å². The maximum Gasteiger partial charge on any atom is 0.0602 e. The fourth-order valence-corrected chi connectivity index (χ4v) is 2.44. The molecule has 0 aliphatic rings. The minimum Gasteiger partial charge on any atom is -0.326 e. The van der Waals surface area contributed by atoms with Gasteiger partial charge >= 0.3 is 0 Å². The van der Waals surface area contributed by atoms with Crippen molar-refractivity contribution >= 4 is 11.3 Å². The Morgan fingerprint density at radius 1 is 1.47 bits per heavy atom. The van der Waals surface area contributed by atoms with Gasteiger partial charge in [0.05, 0.1) is 6.54 Å². The van der Waals surface area contributed by atoms with Gasteiger partial charge in [-0.05, 0) is 25.1 Å². The minimum atomic E-state index is 0.633. The topological polar surface area (TPSA) is 29.3 Å². The Morgan fingerprint density at radius 3 is 2.73 bits per heavy atom. The highest BCUT2D eigenvalue weighted by Crippen LogP contribution is 2.17. The van der Waals surface area contributed by atoms with Crippen LogP contribution in [-0.2, 0) is 13.1 Å². The molecule has 0 unspecified atom stereocenters. The smallest absolute Gasteiger partial charge is 0.0602 e. The molecule has 0 radical (unpaired) electrons. The largest absolute Gasteiger partial charge is 0.326 e. The second-order valence-electron chi connectivity index (χ2n) is 3.49. The second-order valence-corrected chi connectivity index (χ2v) is 4.74. The molecule has 1 heterocycles. The number of nitrogens with two attached hydrogens (primary N) is 1. The molecule has 1 aromatic heterocycles. The Hall–Kier alpha value is -0.820. The van der Waals surface area contributed by atoms with Crippen LogP contribution in [0.3, 0.4) is 0 Å². The Labute approximate surface area is 96.1 Å². The average Bonchev–Trinajstić information content (AvgIpc) is 2.66. The maximum absolute atomic E-state index is 5.58. The SMILES string of the molecule is C#CCN(CCC)Cc1ccc(CN)s1. The first-order valence-electron chi connectivity index (χ1n) is 5.23. The van der Waals surface area contributed by atoms with Crippen LogP contribution in [0.2, 0.25) is 0 Å². The summed E-state index contributed by atoms with van der Waals surface area (Å²) in [6.45, 7) is 5.53. The molecule has 2 nitrogen and oxygen atoms in total. The zero-order valence-electron chi connectivity index (χ0n) is 9.20. The summed E-state index contributed by atoms with van der Waals surface area (Å²) in [6.07, 6.45) is 6.47. The van der Waals surface area contributed by atoms with E-state index in [1.807, 2.05) is 0 Å². The van der Waals surface area contributed by atoms with Crippen LogP contribution in [0, 0.1) is 12.3 Å². The third-order valence-electron chi connectivity index (χ3n) is 2.15. The molecule has 0 aromatic carbocycles. The molecular weight excluding hydrogens is 204 g/mol. The fraction of sp³-hybridized carbons (Fsp3) is 0.500. The highest BCUT2D eigenvalue weighted by atomic mass is 32.1. The van der Waals surface area contributed by atoms with E-state index >= 15 is 0 Å². The molecule has 1 rings (SSSR count). The summed E-state index contributed by atoms with van der Waals surface area (Å²) in [4.78, 5) is 4.87. The van der Waals surface area contributed by atoms with Gasteiger partial charge in [-0.15, -0.1) is 17.8 Å². The van der Waals surface area contributed by atoms with Crippen molar-refractivity contribution in [2.75, 3.05) is 13.1 Å². The van der Waals surface area contributed by atoms with Crippen molar-refractivity contribution in [3.8, 4) is 12.3 Å². The van der Waals surface area contributed by atoms with E-state index in [0.29, 0.717) is 6.54 Å². The lowest BCUT2D eigenvalue weighted by atomic mass is 10.3. The molecule has 0 aliphatic carbocycles. The first-order chi connectivity index (χ1) is 7.30. The molecule has 0 saturated heterocycles. The summed E-state index contributed by atoms with van der Waals surface area (Å²) in [5.74, 6) is 2.70. The van der Waals surface area contributed by atoms with E-state index < -0.39 is 0 Å². The maximum atomic E-state index is 5.58. The number of terminal acetylenes is 1. The fourth-order valence-electron chi connectivity index (χ4n) is 1.50. The van der Waals surface area contributed by atoms with Crippen molar-refractivity contribution in [2.45, 2.75) is 26.4 Å². The van der Waals surface area contributed by atoms with Crippen molar-refractivity contribution in [3.05, 3.63) is 21.9 Å². The van der Waals surface area contributed by atoms with Gasteiger partial charge in [-0.1, -0.05) is 12.8 Å². The average molecular weight is 222 g/mol. The highest BCUT2D eigenvalue weighted by Gasteiger charge is 2.05. The van der Waals surface area contributed by atoms with E-state index in [-0.39, 0.29) is 0 Å². The zero-order chi connectivity index (χ0) is 11.1. The van der Waals surface area contributed by atoms with Crippen LogP contribution in [-0.4, -0.2) is 18.0 Å². The minimum absolute atomic E-state index is 0.633. The number of hydrogen-bond acceptors (Lipinski definition) is 3. The zero-order valence-corrected chi connectivity index (χ0v) is 10.0. The van der Waals surface area contributed by atoms with Crippen LogP contribution in [0.1, 0.15) is 23.1 Å². The van der Waals surface area contributed by atoms with Gasteiger partial charge in [0.25, 0.3) is 0 Å². The molecular formula is C12H18N2S. The molecule has 0 saturated carbocycles. The Bertz CT molecular complexity index is 325. The lowest BCUT2D eigenvalue weighted by molar-refractivity contribution is 0.302. The molecule has 0 bridgehead atoms. The first-order valence-corrected chi connectivity index (χ1v) is 6.05. The number of rotatable bonds is 6. The quantitative estimate of drug-likeness (QED) is 0.746. The molecule has 1 aromatic rings. The summed E-state index contributed by atoms with van der Waals surface area (Å²) in [7, 11) is 0. The normalized spacial score (nSPS) is 10.5. The van der Waals surface area contributed by atoms with Crippen molar-refractivity contribution in [3.63, 3.8) is 0 Å². The van der Waals surface area contributed by atoms with E-state index in [2.05, 4.69) is 29.9 Å². The molecule has 82 valence electrons. The molecule has 0 fully saturated rings. The lowest BCUT2D eigenvalue weighted by Crippen LogP contribution is -2.23. The van der Waals surface area contributed by atoms with Gasteiger partial charge < -0.3 is 5.73 Å². The summed E-state index contributed by atoms with van der Waals surface area (Å²) < 4.78 is 0. The monoisotopic (exact) mass is 222 g/mol. The number of thiophene rings is 1. The van der Waals surface area contributed by atoms with Crippen molar-refractivity contribution in [1.29, 1.82) is 0 Å². The van der Waals surface area contributed by atoms with Gasteiger partial charge in [-0.2, -0.15) is 0 Å². The van der Waals surface area contributed by atoms with E-state index in [1.54, 1.807) is 11.3 Å². The second kappa shape index (κ2) is 6.62. The van der Waals surface area contributed by atoms with Gasteiger partial charge in [0.1, 0.15) is 0 Å². The van der Waals surface area contributed by atoms with Crippen LogP contribution in [0.15, 0.2) is 12.1 Å². The highest BCUT2D eigenvalue weighted by molar-refractivity contribution is 7.11. The van der Waals surface area contributed by atoms with Gasteiger partial charge in [0.15, 0.2) is 0 Å². The molecule has 0 spiro atoms. The third kappa shape index (κ3) is 4.05. The van der Waals surface area contributed by atoms with Crippen LogP contribution in [0.25, 0.3) is 0 Å². The lowest BCUT2D eigenvalue weighted by Gasteiger charge is -2.17. The number of hydrogen-bond donors (Lipinski definition) is 1. The summed E-state index contributed by atoms with van der Waals surface area (Å²) in [5, 5.41) is 0. The molecule has 0 amide bonds. The van der Waals surface area contributed by atoms with Gasteiger partial charge in [0, 0.05) is 22.8 Å². The van der Waals surface area contributed by atoms with Crippen molar-refractivity contribution in [2.24, 2.45) is 5.73 Å². The van der Waals surface area contributed by atoms with Crippen LogP contribution in [0.5, 0.6) is 0 Å². The van der Waals surface area contributed by atoms with E-state index in [0.717, 1.165) is 26.1 Å². The molecule has 15 heavy (non-hydrogen) atoms. The Kier molecular flexibility index (Phi) is 5.41. The van der Waals surface area contributed by atoms with E-state index in [4.69, 9.17) is 12.2 Å². The van der Waals surface area contributed by atoms with Crippen LogP contribution >= 0.6 is 11.3 Å². The predicted molar refractivity (Wildman–Crippen MR) is 66.6 cm³/mol. The molecule has 2 N–H and O–H groups in total. The summed E-state index contributed by atoms with van der Waals surface area (Å²) >= 11 is 1.78.